The first-order valence-corrected chi connectivity index (χ1v) is 9.26. The SMILES string of the molecule is CCOC(=O)c1cc(NC(=O)C(CC)NC(=O)Cc2cc(F)cc(F)c2)n(C(N)=O)n1. The third-order valence-electron chi connectivity index (χ3n) is 4.00. The monoisotopic (exact) mass is 437 g/mol. The van der Waals surface area contributed by atoms with Gasteiger partial charge >= 0.3 is 12.0 Å². The summed E-state index contributed by atoms with van der Waals surface area (Å²) in [6.45, 7) is 3.27. The van der Waals surface area contributed by atoms with Crippen molar-refractivity contribution in [2.75, 3.05) is 11.9 Å². The molecule has 0 saturated carbocycles. The Morgan fingerprint density at radius 2 is 1.77 bits per heavy atom. The maximum Gasteiger partial charge on any atom is 0.358 e. The molecular formula is C19H21F2N5O5. The number of aromatic nitrogens is 2. The van der Waals surface area contributed by atoms with E-state index in [4.69, 9.17) is 10.5 Å². The second kappa shape index (κ2) is 10.3. The number of hydrogen-bond acceptors (Lipinski definition) is 6. The van der Waals surface area contributed by atoms with Crippen LogP contribution >= 0.6 is 0 Å². The molecule has 0 radical (unpaired) electrons. The maximum atomic E-state index is 13.3. The molecule has 0 bridgehead atoms. The number of benzene rings is 1. The van der Waals surface area contributed by atoms with Crippen LogP contribution < -0.4 is 16.4 Å². The Labute approximate surface area is 175 Å². The third-order valence-corrected chi connectivity index (χ3v) is 4.00. The van der Waals surface area contributed by atoms with Crippen molar-refractivity contribution in [1.82, 2.24) is 15.1 Å². The number of halogens is 2. The fraction of sp³-hybridized carbons (Fsp3) is 0.316. The van der Waals surface area contributed by atoms with Crippen molar-refractivity contribution in [1.29, 1.82) is 0 Å². The molecule has 31 heavy (non-hydrogen) atoms. The average Bonchev–Trinajstić information content (AvgIpc) is 3.09. The van der Waals surface area contributed by atoms with Crippen molar-refractivity contribution in [2.45, 2.75) is 32.7 Å². The van der Waals surface area contributed by atoms with Gasteiger partial charge in [-0.25, -0.2) is 18.4 Å². The van der Waals surface area contributed by atoms with E-state index < -0.39 is 41.5 Å². The van der Waals surface area contributed by atoms with Crippen LogP contribution in [0.15, 0.2) is 24.3 Å². The summed E-state index contributed by atoms with van der Waals surface area (Å²) in [6.07, 6.45) is -0.199. The van der Waals surface area contributed by atoms with Crippen molar-refractivity contribution in [3.8, 4) is 0 Å². The molecule has 12 heteroatoms. The zero-order chi connectivity index (χ0) is 23.1. The zero-order valence-electron chi connectivity index (χ0n) is 16.8. The van der Waals surface area contributed by atoms with Crippen LogP contribution in [0.4, 0.5) is 19.4 Å². The van der Waals surface area contributed by atoms with E-state index in [0.717, 1.165) is 18.2 Å². The second-order valence-electron chi connectivity index (χ2n) is 6.36. The van der Waals surface area contributed by atoms with Crippen LogP contribution in [0.1, 0.15) is 36.3 Å². The predicted octanol–water partition coefficient (Wildman–Crippen LogP) is 1.34. The number of primary amides is 1. The van der Waals surface area contributed by atoms with E-state index in [0.29, 0.717) is 10.7 Å². The van der Waals surface area contributed by atoms with E-state index in [-0.39, 0.29) is 36.5 Å². The number of nitrogens with two attached hydrogens (primary N) is 1. The Balaban J connectivity index is 2.11. The normalized spacial score (nSPS) is 11.5. The number of nitrogens with zero attached hydrogens (tertiary/aromatic N) is 2. The van der Waals surface area contributed by atoms with Crippen LogP contribution in [0.2, 0.25) is 0 Å². The Kier molecular flexibility index (Phi) is 7.77. The molecule has 1 heterocycles. The molecule has 0 aliphatic carbocycles. The van der Waals surface area contributed by atoms with Crippen molar-refractivity contribution in [3.05, 3.63) is 47.2 Å². The van der Waals surface area contributed by atoms with E-state index in [1.54, 1.807) is 13.8 Å². The first kappa shape index (κ1) is 23.4. The highest BCUT2D eigenvalue weighted by atomic mass is 19.1. The highest BCUT2D eigenvalue weighted by Crippen LogP contribution is 2.13. The molecule has 1 aromatic heterocycles. The number of carbonyl (C=O) groups is 4. The predicted molar refractivity (Wildman–Crippen MR) is 104 cm³/mol. The number of anilines is 1. The fourth-order valence-electron chi connectivity index (χ4n) is 2.65. The lowest BCUT2D eigenvalue weighted by Crippen LogP contribution is -2.44. The topological polar surface area (TPSA) is 145 Å². The minimum Gasteiger partial charge on any atom is -0.461 e. The van der Waals surface area contributed by atoms with Gasteiger partial charge < -0.3 is 21.1 Å². The Morgan fingerprint density at radius 1 is 1.13 bits per heavy atom. The first-order valence-electron chi connectivity index (χ1n) is 9.26. The van der Waals surface area contributed by atoms with Crippen LogP contribution in [-0.4, -0.2) is 46.2 Å². The lowest BCUT2D eigenvalue weighted by atomic mass is 10.1. The van der Waals surface area contributed by atoms with Crippen LogP contribution in [0.3, 0.4) is 0 Å². The van der Waals surface area contributed by atoms with Gasteiger partial charge in [-0.05, 0) is 31.0 Å². The largest absolute Gasteiger partial charge is 0.461 e. The van der Waals surface area contributed by atoms with Gasteiger partial charge in [-0.2, -0.15) is 9.78 Å². The molecule has 1 unspecified atom stereocenters. The standard InChI is InChI=1S/C19H21F2N5O5/c1-3-13(23-16(27)7-10-5-11(20)8-12(21)6-10)17(28)24-15-9-14(18(29)31-4-2)25-26(15)19(22)30/h5-6,8-9,13H,3-4,7H2,1-2H3,(H2,22,30)(H,23,27)(H,24,28). The summed E-state index contributed by atoms with van der Waals surface area (Å²) in [7, 11) is 0. The van der Waals surface area contributed by atoms with Gasteiger partial charge in [0.2, 0.25) is 11.8 Å². The number of nitrogens with one attached hydrogen (secondary N) is 2. The molecule has 0 saturated heterocycles. The van der Waals surface area contributed by atoms with E-state index in [1.807, 2.05) is 0 Å². The lowest BCUT2D eigenvalue weighted by Gasteiger charge is -2.17. The Bertz CT molecular complexity index is 987. The maximum absolute atomic E-state index is 13.3. The van der Waals surface area contributed by atoms with E-state index in [2.05, 4.69) is 15.7 Å². The summed E-state index contributed by atoms with van der Waals surface area (Å²) in [6, 6.07) is 1.68. The highest BCUT2D eigenvalue weighted by molar-refractivity contribution is 5.99. The van der Waals surface area contributed by atoms with Gasteiger partial charge in [0.25, 0.3) is 0 Å². The van der Waals surface area contributed by atoms with Gasteiger partial charge in [0.15, 0.2) is 5.69 Å². The summed E-state index contributed by atoms with van der Waals surface area (Å²) in [5, 5.41) is 8.50. The Morgan fingerprint density at radius 3 is 2.32 bits per heavy atom. The van der Waals surface area contributed by atoms with E-state index >= 15 is 0 Å². The molecule has 10 nitrogen and oxygen atoms in total. The van der Waals surface area contributed by atoms with Crippen molar-refractivity contribution in [3.63, 3.8) is 0 Å². The number of ether oxygens (including phenoxy) is 1. The average molecular weight is 437 g/mol. The first-order chi connectivity index (χ1) is 14.6. The molecule has 3 amide bonds. The van der Waals surface area contributed by atoms with Gasteiger partial charge in [-0.15, -0.1) is 0 Å². The summed E-state index contributed by atoms with van der Waals surface area (Å²) in [5.74, 6) is -4.04. The molecule has 0 fully saturated rings. The van der Waals surface area contributed by atoms with Crippen molar-refractivity contribution < 1.29 is 32.7 Å². The van der Waals surface area contributed by atoms with Gasteiger partial charge in [0, 0.05) is 12.1 Å². The quantitative estimate of drug-likeness (QED) is 0.532. The molecule has 2 aromatic rings. The summed E-state index contributed by atoms with van der Waals surface area (Å²) in [5.41, 5.74) is 5.05. The highest BCUT2D eigenvalue weighted by Gasteiger charge is 2.24. The number of amides is 3. The molecule has 2 rings (SSSR count). The number of rotatable bonds is 8. The summed E-state index contributed by atoms with van der Waals surface area (Å²) >= 11 is 0. The molecule has 166 valence electrons. The van der Waals surface area contributed by atoms with Crippen LogP contribution in [0.25, 0.3) is 0 Å². The van der Waals surface area contributed by atoms with Crippen LogP contribution in [0, 0.1) is 11.6 Å². The number of hydrogen-bond donors (Lipinski definition) is 3. The van der Waals surface area contributed by atoms with Gasteiger partial charge in [0.1, 0.15) is 23.5 Å². The summed E-state index contributed by atoms with van der Waals surface area (Å²) in [4.78, 5) is 48.1. The Hall–Kier alpha value is -3.83. The molecule has 4 N–H and O–H groups in total. The van der Waals surface area contributed by atoms with Crippen LogP contribution in [-0.2, 0) is 20.7 Å². The molecular weight excluding hydrogens is 416 g/mol. The van der Waals surface area contributed by atoms with E-state index in [9.17, 15) is 28.0 Å². The van der Waals surface area contributed by atoms with E-state index in [1.165, 1.54) is 0 Å². The smallest absolute Gasteiger partial charge is 0.358 e. The molecule has 1 aromatic carbocycles. The zero-order valence-corrected chi connectivity index (χ0v) is 16.8. The lowest BCUT2D eigenvalue weighted by molar-refractivity contribution is -0.126. The van der Waals surface area contributed by atoms with Gasteiger partial charge in [-0.3, -0.25) is 9.59 Å². The van der Waals surface area contributed by atoms with Crippen molar-refractivity contribution >= 4 is 29.6 Å². The van der Waals surface area contributed by atoms with Crippen molar-refractivity contribution in [2.24, 2.45) is 5.73 Å². The van der Waals surface area contributed by atoms with Gasteiger partial charge in [-0.1, -0.05) is 6.92 Å². The molecule has 0 spiro atoms. The van der Waals surface area contributed by atoms with Gasteiger partial charge in [0.05, 0.1) is 13.0 Å². The van der Waals surface area contributed by atoms with Crippen LogP contribution in [0.5, 0.6) is 0 Å². The number of esters is 1. The minimum atomic E-state index is -1.06. The molecule has 1 atom stereocenters. The summed E-state index contributed by atoms with van der Waals surface area (Å²) < 4.78 is 31.9. The minimum absolute atomic E-state index is 0.0725. The third kappa shape index (κ3) is 6.32. The second-order valence-corrected chi connectivity index (χ2v) is 6.36. The molecule has 0 aliphatic heterocycles. The number of carbonyl (C=O) groups excluding carboxylic acids is 4. The molecule has 0 aliphatic rings. The fourth-order valence-corrected chi connectivity index (χ4v) is 2.65.